The second-order valence-electron chi connectivity index (χ2n) is 5.69. The molecule has 4 N–H and O–H groups in total. The molecule has 0 fully saturated rings. The average Bonchev–Trinajstić information content (AvgIpc) is 2.99. The fourth-order valence-corrected chi connectivity index (χ4v) is 2.45. The summed E-state index contributed by atoms with van der Waals surface area (Å²) < 4.78 is 13.3. The van der Waals surface area contributed by atoms with Crippen molar-refractivity contribution in [3.63, 3.8) is 0 Å². The van der Waals surface area contributed by atoms with Gasteiger partial charge in [-0.2, -0.15) is 0 Å². The number of halogens is 1. The fourth-order valence-electron chi connectivity index (χ4n) is 2.45. The number of amides is 2. The molecule has 2 heterocycles. The van der Waals surface area contributed by atoms with Crippen LogP contribution in [0.5, 0.6) is 0 Å². The molecule has 25 heavy (non-hydrogen) atoms. The molecule has 130 valence electrons. The highest BCUT2D eigenvalue weighted by Gasteiger charge is 2.09. The molecule has 0 spiro atoms. The minimum atomic E-state index is -0.457. The Kier molecular flexibility index (Phi) is 5.13. The van der Waals surface area contributed by atoms with Gasteiger partial charge in [-0.25, -0.2) is 14.2 Å². The lowest BCUT2D eigenvalue weighted by atomic mass is 10.2. The molecule has 0 saturated heterocycles. The predicted molar refractivity (Wildman–Crippen MR) is 98.5 cm³/mol. The van der Waals surface area contributed by atoms with Crippen LogP contribution >= 0.6 is 0 Å². The molecule has 3 rings (SSSR count). The van der Waals surface area contributed by atoms with Crippen molar-refractivity contribution < 1.29 is 9.18 Å². The predicted octanol–water partition coefficient (Wildman–Crippen LogP) is 4.56. The number of aromatic nitrogens is 2. The van der Waals surface area contributed by atoms with Crippen molar-refractivity contribution in [2.45, 2.75) is 19.8 Å². The minimum absolute atomic E-state index is 0.406. The molecule has 2 amide bonds. The summed E-state index contributed by atoms with van der Waals surface area (Å²) in [5, 5.41) is 9.27. The van der Waals surface area contributed by atoms with E-state index < -0.39 is 11.8 Å². The Morgan fingerprint density at radius 3 is 2.72 bits per heavy atom. The number of benzene rings is 1. The largest absolute Gasteiger partial charge is 0.385 e. The number of unbranched alkanes of at least 4 members (excludes halogenated alkanes) is 1. The number of pyridine rings is 1. The number of hydrogen-bond acceptors (Lipinski definition) is 3. The van der Waals surface area contributed by atoms with Crippen LogP contribution in [-0.4, -0.2) is 22.5 Å². The van der Waals surface area contributed by atoms with Crippen LogP contribution in [0.1, 0.15) is 19.8 Å². The van der Waals surface area contributed by atoms with Gasteiger partial charge in [-0.05, 0) is 36.8 Å². The summed E-state index contributed by atoms with van der Waals surface area (Å²) in [5.74, 6) is -0.457. The van der Waals surface area contributed by atoms with Crippen LogP contribution in [-0.2, 0) is 0 Å². The van der Waals surface area contributed by atoms with Crippen LogP contribution in [0.25, 0.3) is 11.0 Å². The second-order valence-corrected chi connectivity index (χ2v) is 5.69. The van der Waals surface area contributed by atoms with Gasteiger partial charge in [0.1, 0.15) is 11.5 Å². The molecule has 0 unspecified atom stereocenters. The van der Waals surface area contributed by atoms with Gasteiger partial charge in [0.15, 0.2) is 0 Å². The number of rotatable bonds is 6. The molecule has 0 aliphatic rings. The van der Waals surface area contributed by atoms with Crippen molar-refractivity contribution in [2.24, 2.45) is 0 Å². The zero-order chi connectivity index (χ0) is 17.6. The summed E-state index contributed by atoms with van der Waals surface area (Å²) in [6.45, 7) is 3.07. The van der Waals surface area contributed by atoms with E-state index in [0.717, 1.165) is 31.3 Å². The Bertz CT molecular complexity index is 860. The van der Waals surface area contributed by atoms with Crippen molar-refractivity contribution in [1.82, 2.24) is 9.97 Å². The van der Waals surface area contributed by atoms with E-state index in [1.165, 1.54) is 6.07 Å². The summed E-state index contributed by atoms with van der Waals surface area (Å²) in [6.07, 6.45) is 4.96. The molecule has 3 aromatic rings. The number of urea groups is 1. The number of hydrogen-bond donors (Lipinski definition) is 4. The van der Waals surface area contributed by atoms with Crippen molar-refractivity contribution >= 4 is 34.1 Å². The maximum Gasteiger partial charge on any atom is 0.323 e. The first-order valence-electron chi connectivity index (χ1n) is 8.20. The van der Waals surface area contributed by atoms with E-state index in [2.05, 4.69) is 32.8 Å². The average molecular weight is 341 g/mol. The third kappa shape index (κ3) is 4.26. The lowest BCUT2D eigenvalue weighted by Crippen LogP contribution is -2.19. The summed E-state index contributed by atoms with van der Waals surface area (Å²) in [4.78, 5) is 18.9. The lowest BCUT2D eigenvalue weighted by molar-refractivity contribution is 0.262. The highest BCUT2D eigenvalue weighted by molar-refractivity contribution is 6.05. The first kappa shape index (κ1) is 16.8. The van der Waals surface area contributed by atoms with E-state index in [9.17, 15) is 9.18 Å². The monoisotopic (exact) mass is 341 g/mol. The van der Waals surface area contributed by atoms with E-state index in [1.54, 1.807) is 6.20 Å². The van der Waals surface area contributed by atoms with Gasteiger partial charge in [0.2, 0.25) is 0 Å². The van der Waals surface area contributed by atoms with Gasteiger partial charge in [-0.1, -0.05) is 13.3 Å². The highest BCUT2D eigenvalue weighted by Crippen LogP contribution is 2.22. The van der Waals surface area contributed by atoms with Crippen molar-refractivity contribution in [3.05, 3.63) is 48.5 Å². The van der Waals surface area contributed by atoms with E-state index in [0.29, 0.717) is 22.4 Å². The zero-order valence-electron chi connectivity index (χ0n) is 13.9. The Morgan fingerprint density at radius 1 is 1.20 bits per heavy atom. The maximum absolute atomic E-state index is 13.3. The van der Waals surface area contributed by atoms with Crippen LogP contribution in [0.4, 0.5) is 26.2 Å². The van der Waals surface area contributed by atoms with Gasteiger partial charge in [-0.3, -0.25) is 0 Å². The number of aromatic amines is 1. The number of H-pyrrole nitrogens is 1. The number of nitrogens with zero attached hydrogens (tertiary/aromatic N) is 1. The molecule has 0 aliphatic carbocycles. The van der Waals surface area contributed by atoms with E-state index in [-0.39, 0.29) is 0 Å². The molecule has 0 saturated carbocycles. The smallest absolute Gasteiger partial charge is 0.323 e. The highest BCUT2D eigenvalue weighted by atomic mass is 19.1. The van der Waals surface area contributed by atoms with Crippen LogP contribution in [0.2, 0.25) is 0 Å². The molecule has 0 atom stereocenters. The molecule has 2 aromatic heterocycles. The lowest BCUT2D eigenvalue weighted by Gasteiger charge is -2.09. The normalized spacial score (nSPS) is 10.6. The van der Waals surface area contributed by atoms with Gasteiger partial charge in [-0.15, -0.1) is 0 Å². The van der Waals surface area contributed by atoms with Crippen LogP contribution < -0.4 is 16.0 Å². The van der Waals surface area contributed by atoms with E-state index in [1.807, 2.05) is 24.3 Å². The van der Waals surface area contributed by atoms with Crippen LogP contribution in [0.15, 0.2) is 42.7 Å². The Hall–Kier alpha value is -3.09. The number of fused-ring (bicyclic) bond motifs is 1. The first-order chi connectivity index (χ1) is 12.2. The molecular formula is C18H20FN5O. The third-order valence-corrected chi connectivity index (χ3v) is 3.75. The van der Waals surface area contributed by atoms with E-state index in [4.69, 9.17) is 0 Å². The minimum Gasteiger partial charge on any atom is -0.385 e. The molecule has 0 aliphatic heterocycles. The molecule has 7 heteroatoms. The van der Waals surface area contributed by atoms with Crippen molar-refractivity contribution in [1.29, 1.82) is 0 Å². The molecule has 0 bridgehead atoms. The Balaban J connectivity index is 1.61. The van der Waals surface area contributed by atoms with Gasteiger partial charge in [0.25, 0.3) is 0 Å². The fraction of sp³-hybridized carbons (Fsp3) is 0.222. The van der Waals surface area contributed by atoms with Crippen LogP contribution in [0.3, 0.4) is 0 Å². The second kappa shape index (κ2) is 7.65. The number of carbonyl (C=O) groups excluding carboxylic acids is 1. The summed E-state index contributed by atoms with van der Waals surface area (Å²) >= 11 is 0. The van der Waals surface area contributed by atoms with Crippen molar-refractivity contribution in [2.75, 3.05) is 22.5 Å². The maximum atomic E-state index is 13.3. The summed E-state index contributed by atoms with van der Waals surface area (Å²) in [6, 6.07) is 8.39. The molecule has 0 radical (unpaired) electrons. The molecule has 6 nitrogen and oxygen atoms in total. The third-order valence-electron chi connectivity index (χ3n) is 3.75. The number of carbonyl (C=O) groups is 1. The van der Waals surface area contributed by atoms with Gasteiger partial charge in [0.05, 0.1) is 11.9 Å². The quantitative estimate of drug-likeness (QED) is 0.496. The Labute approximate surface area is 144 Å². The van der Waals surface area contributed by atoms with Crippen LogP contribution in [0, 0.1) is 5.82 Å². The SMILES string of the molecule is CCCCNc1ccc(NC(=O)Nc2c[nH]c3ncc(F)cc23)cc1. The van der Waals surface area contributed by atoms with Gasteiger partial charge < -0.3 is 20.9 Å². The topological polar surface area (TPSA) is 81.8 Å². The van der Waals surface area contributed by atoms with Gasteiger partial charge >= 0.3 is 6.03 Å². The number of nitrogens with one attached hydrogen (secondary N) is 4. The van der Waals surface area contributed by atoms with Crippen molar-refractivity contribution in [3.8, 4) is 0 Å². The summed E-state index contributed by atoms with van der Waals surface area (Å²) in [7, 11) is 0. The standard InChI is InChI=1S/C18H20FN5O/c1-2-3-8-20-13-4-6-14(7-5-13)23-18(25)24-16-11-22-17-15(16)9-12(19)10-21-17/h4-7,9-11,20H,2-3,8H2,1H3,(H,21,22)(H2,23,24,25). The zero-order valence-corrected chi connectivity index (χ0v) is 13.9. The summed E-state index contributed by atoms with van der Waals surface area (Å²) in [5.41, 5.74) is 2.66. The molecular weight excluding hydrogens is 321 g/mol. The first-order valence-corrected chi connectivity index (χ1v) is 8.20. The van der Waals surface area contributed by atoms with E-state index >= 15 is 0 Å². The molecule has 1 aromatic carbocycles. The Morgan fingerprint density at radius 2 is 1.96 bits per heavy atom. The van der Waals surface area contributed by atoms with Gasteiger partial charge in [0, 0.05) is 29.5 Å². The number of anilines is 3.